The van der Waals surface area contributed by atoms with Gasteiger partial charge in [0.05, 0.1) is 17.8 Å². The van der Waals surface area contributed by atoms with Crippen LogP contribution in [-0.4, -0.2) is 10.3 Å². The van der Waals surface area contributed by atoms with Crippen LogP contribution in [0, 0.1) is 0 Å². The van der Waals surface area contributed by atoms with Crippen molar-refractivity contribution < 1.29 is 4.84 Å². The van der Waals surface area contributed by atoms with Gasteiger partial charge in [-0.15, -0.1) is 0 Å². The van der Waals surface area contributed by atoms with Crippen molar-refractivity contribution in [3.05, 3.63) is 84.6 Å². The molecule has 1 aromatic heterocycles. The summed E-state index contributed by atoms with van der Waals surface area (Å²) in [6.07, 6.45) is 2.75. The molecule has 2 aromatic carbocycles. The van der Waals surface area contributed by atoms with Gasteiger partial charge in [-0.25, -0.2) is 0 Å². The van der Waals surface area contributed by atoms with E-state index in [0.717, 1.165) is 23.4 Å². The summed E-state index contributed by atoms with van der Waals surface area (Å²) >= 11 is 0. The SMILES string of the molecule is c1ccc(C2=NO[C@H](n3cccc3-c3ccccc3)C2)cc1. The Morgan fingerprint density at radius 3 is 2.23 bits per heavy atom. The molecular formula is C19H16N2O. The molecular weight excluding hydrogens is 272 g/mol. The molecule has 0 saturated heterocycles. The molecule has 0 aliphatic carbocycles. The van der Waals surface area contributed by atoms with Gasteiger partial charge in [0.15, 0.2) is 0 Å². The zero-order valence-corrected chi connectivity index (χ0v) is 12.1. The minimum atomic E-state index is -0.0830. The molecule has 0 bridgehead atoms. The molecule has 0 spiro atoms. The molecule has 1 aliphatic heterocycles. The number of oxime groups is 1. The first kappa shape index (κ1) is 12.9. The summed E-state index contributed by atoms with van der Waals surface area (Å²) in [7, 11) is 0. The molecule has 3 heteroatoms. The van der Waals surface area contributed by atoms with Crippen LogP contribution in [0.25, 0.3) is 11.3 Å². The number of hydrogen-bond donors (Lipinski definition) is 0. The van der Waals surface area contributed by atoms with E-state index in [9.17, 15) is 0 Å². The van der Waals surface area contributed by atoms with Gasteiger partial charge in [-0.3, -0.25) is 0 Å². The predicted molar refractivity (Wildman–Crippen MR) is 87.6 cm³/mol. The lowest BCUT2D eigenvalue weighted by Crippen LogP contribution is -2.09. The fourth-order valence-corrected chi connectivity index (χ4v) is 2.81. The van der Waals surface area contributed by atoms with Gasteiger partial charge in [-0.2, -0.15) is 0 Å². The molecule has 3 nitrogen and oxygen atoms in total. The molecule has 0 N–H and O–H groups in total. The van der Waals surface area contributed by atoms with Crippen molar-refractivity contribution in [2.24, 2.45) is 5.16 Å². The maximum atomic E-state index is 5.68. The molecule has 2 heterocycles. The smallest absolute Gasteiger partial charge is 0.209 e. The lowest BCUT2D eigenvalue weighted by atomic mass is 10.1. The molecule has 22 heavy (non-hydrogen) atoms. The summed E-state index contributed by atoms with van der Waals surface area (Å²) in [5, 5.41) is 4.27. The van der Waals surface area contributed by atoms with Gasteiger partial charge in [0.2, 0.25) is 6.23 Å². The molecule has 0 amide bonds. The zero-order valence-electron chi connectivity index (χ0n) is 12.1. The lowest BCUT2D eigenvalue weighted by molar-refractivity contribution is 0.0337. The van der Waals surface area contributed by atoms with E-state index in [2.05, 4.69) is 46.3 Å². The van der Waals surface area contributed by atoms with Gasteiger partial charge in [-0.1, -0.05) is 65.8 Å². The highest BCUT2D eigenvalue weighted by Gasteiger charge is 2.24. The molecule has 0 saturated carbocycles. The summed E-state index contributed by atoms with van der Waals surface area (Å²) in [4.78, 5) is 5.68. The Labute approximate surface area is 129 Å². The van der Waals surface area contributed by atoms with E-state index >= 15 is 0 Å². The Balaban J connectivity index is 1.60. The quantitative estimate of drug-likeness (QED) is 0.698. The molecule has 4 rings (SSSR count). The average molecular weight is 288 g/mol. The third-order valence-corrected chi connectivity index (χ3v) is 3.92. The van der Waals surface area contributed by atoms with Crippen molar-refractivity contribution in [1.29, 1.82) is 0 Å². The second kappa shape index (κ2) is 5.53. The van der Waals surface area contributed by atoms with Gasteiger partial charge in [0.25, 0.3) is 0 Å². The first-order valence-corrected chi connectivity index (χ1v) is 7.42. The molecule has 0 fully saturated rings. The zero-order chi connectivity index (χ0) is 14.8. The second-order valence-electron chi connectivity index (χ2n) is 5.33. The van der Waals surface area contributed by atoms with Crippen molar-refractivity contribution in [1.82, 2.24) is 4.57 Å². The predicted octanol–water partition coefficient (Wildman–Crippen LogP) is 4.48. The largest absolute Gasteiger partial charge is 0.369 e. The highest BCUT2D eigenvalue weighted by atomic mass is 16.7. The number of rotatable bonds is 3. The van der Waals surface area contributed by atoms with Crippen molar-refractivity contribution in [3.63, 3.8) is 0 Å². The van der Waals surface area contributed by atoms with Crippen LogP contribution in [0.1, 0.15) is 18.2 Å². The van der Waals surface area contributed by atoms with Crippen LogP contribution in [-0.2, 0) is 4.84 Å². The summed E-state index contributed by atoms with van der Waals surface area (Å²) in [6, 6.07) is 24.7. The molecule has 108 valence electrons. The lowest BCUT2D eigenvalue weighted by Gasteiger charge is -2.14. The van der Waals surface area contributed by atoms with Crippen molar-refractivity contribution in [2.45, 2.75) is 12.6 Å². The first-order chi connectivity index (χ1) is 10.9. The summed E-state index contributed by atoms with van der Waals surface area (Å²) in [6.45, 7) is 0. The number of aromatic nitrogens is 1. The summed E-state index contributed by atoms with van der Waals surface area (Å²) < 4.78 is 2.15. The third kappa shape index (κ3) is 2.31. The van der Waals surface area contributed by atoms with E-state index < -0.39 is 0 Å². The summed E-state index contributed by atoms with van der Waals surface area (Å²) in [5.74, 6) is 0. The van der Waals surface area contributed by atoms with Gasteiger partial charge in [0.1, 0.15) is 0 Å². The molecule has 1 atom stereocenters. The molecule has 0 radical (unpaired) electrons. The third-order valence-electron chi connectivity index (χ3n) is 3.92. The fourth-order valence-electron chi connectivity index (χ4n) is 2.81. The van der Waals surface area contributed by atoms with E-state index in [1.54, 1.807) is 0 Å². The number of nitrogens with zero attached hydrogens (tertiary/aromatic N) is 2. The normalized spacial score (nSPS) is 17.1. The van der Waals surface area contributed by atoms with Crippen LogP contribution in [0.2, 0.25) is 0 Å². The van der Waals surface area contributed by atoms with E-state index in [1.165, 1.54) is 5.56 Å². The topological polar surface area (TPSA) is 26.5 Å². The van der Waals surface area contributed by atoms with Crippen molar-refractivity contribution in [3.8, 4) is 11.3 Å². The first-order valence-electron chi connectivity index (χ1n) is 7.42. The second-order valence-corrected chi connectivity index (χ2v) is 5.33. The maximum absolute atomic E-state index is 5.68. The standard InChI is InChI=1S/C19H16N2O/c1-3-8-15(9-4-1)17-14-19(22-20-17)21-13-7-12-18(21)16-10-5-2-6-11-16/h1-13,19H,14H2/t19-/m0/s1. The van der Waals surface area contributed by atoms with E-state index in [-0.39, 0.29) is 6.23 Å². The van der Waals surface area contributed by atoms with Crippen molar-refractivity contribution >= 4 is 5.71 Å². The van der Waals surface area contributed by atoms with Gasteiger partial charge >= 0.3 is 0 Å². The molecule has 3 aromatic rings. The Morgan fingerprint density at radius 2 is 1.50 bits per heavy atom. The monoisotopic (exact) mass is 288 g/mol. The fraction of sp³-hybridized carbons (Fsp3) is 0.105. The molecule has 0 unspecified atom stereocenters. The van der Waals surface area contributed by atoms with E-state index in [1.807, 2.05) is 42.5 Å². The number of hydrogen-bond acceptors (Lipinski definition) is 2. The Bertz CT molecular complexity index is 791. The van der Waals surface area contributed by atoms with Gasteiger partial charge in [0, 0.05) is 6.20 Å². The average Bonchev–Trinajstić information content (AvgIpc) is 3.25. The van der Waals surface area contributed by atoms with Crippen LogP contribution in [0.4, 0.5) is 0 Å². The Kier molecular flexibility index (Phi) is 3.24. The van der Waals surface area contributed by atoms with E-state index in [0.29, 0.717) is 0 Å². The minimum absolute atomic E-state index is 0.0830. The van der Waals surface area contributed by atoms with Gasteiger partial charge < -0.3 is 9.40 Å². The van der Waals surface area contributed by atoms with Crippen LogP contribution in [0.3, 0.4) is 0 Å². The highest BCUT2D eigenvalue weighted by Crippen LogP contribution is 2.30. The maximum Gasteiger partial charge on any atom is 0.209 e. The summed E-state index contributed by atoms with van der Waals surface area (Å²) in [5.41, 5.74) is 4.45. The molecule has 1 aliphatic rings. The minimum Gasteiger partial charge on any atom is -0.369 e. The van der Waals surface area contributed by atoms with E-state index in [4.69, 9.17) is 4.84 Å². The van der Waals surface area contributed by atoms with Crippen LogP contribution in [0.5, 0.6) is 0 Å². The Morgan fingerprint density at radius 1 is 0.818 bits per heavy atom. The van der Waals surface area contributed by atoms with Crippen LogP contribution >= 0.6 is 0 Å². The van der Waals surface area contributed by atoms with Crippen LogP contribution in [0.15, 0.2) is 84.1 Å². The van der Waals surface area contributed by atoms with Crippen LogP contribution < -0.4 is 0 Å². The number of benzene rings is 2. The van der Waals surface area contributed by atoms with Crippen molar-refractivity contribution in [2.75, 3.05) is 0 Å². The van der Waals surface area contributed by atoms with Gasteiger partial charge in [-0.05, 0) is 23.3 Å². The highest BCUT2D eigenvalue weighted by molar-refractivity contribution is 6.01. The Hall–Kier alpha value is -2.81.